The van der Waals surface area contributed by atoms with Gasteiger partial charge in [-0.05, 0) is 43.7 Å². The van der Waals surface area contributed by atoms with Crippen molar-refractivity contribution in [2.45, 2.75) is 25.9 Å². The Kier molecular flexibility index (Phi) is 6.13. The number of hydrogen-bond donors (Lipinski definition) is 2. The van der Waals surface area contributed by atoms with Crippen LogP contribution in [0, 0.1) is 0 Å². The van der Waals surface area contributed by atoms with E-state index in [0.29, 0.717) is 12.2 Å². The van der Waals surface area contributed by atoms with Gasteiger partial charge in [0.1, 0.15) is 5.75 Å². The van der Waals surface area contributed by atoms with Crippen molar-refractivity contribution >= 4 is 17.3 Å². The molecule has 0 heterocycles. The van der Waals surface area contributed by atoms with E-state index in [4.69, 9.17) is 4.74 Å². The van der Waals surface area contributed by atoms with Crippen molar-refractivity contribution < 1.29 is 22.7 Å². The van der Waals surface area contributed by atoms with E-state index in [2.05, 4.69) is 10.6 Å². The lowest BCUT2D eigenvalue weighted by Crippen LogP contribution is -2.27. The highest BCUT2D eigenvalue weighted by Crippen LogP contribution is 2.35. The lowest BCUT2D eigenvalue weighted by molar-refractivity contribution is -0.137. The lowest BCUT2D eigenvalue weighted by atomic mass is 9.99. The first-order chi connectivity index (χ1) is 12.2. The third-order valence-electron chi connectivity index (χ3n) is 3.89. The molecule has 0 aliphatic carbocycles. The molecule has 26 heavy (non-hydrogen) atoms. The summed E-state index contributed by atoms with van der Waals surface area (Å²) in [5.74, 6) is -0.368. The van der Waals surface area contributed by atoms with Crippen LogP contribution in [0.1, 0.15) is 30.9 Å². The van der Waals surface area contributed by atoms with Crippen LogP contribution < -0.4 is 15.4 Å². The largest absolute Gasteiger partial charge is 0.497 e. The zero-order valence-electron chi connectivity index (χ0n) is 14.8. The quantitative estimate of drug-likeness (QED) is 0.779. The Hall–Kier alpha value is -2.70. The van der Waals surface area contributed by atoms with Crippen LogP contribution in [0.25, 0.3) is 0 Å². The van der Waals surface area contributed by atoms with Gasteiger partial charge in [-0.2, -0.15) is 13.2 Å². The maximum atomic E-state index is 13.0. The number of rotatable bonds is 6. The second-order valence-corrected chi connectivity index (χ2v) is 5.81. The van der Waals surface area contributed by atoms with Gasteiger partial charge in [-0.3, -0.25) is 4.79 Å². The van der Waals surface area contributed by atoms with Gasteiger partial charge in [0.05, 0.1) is 18.6 Å². The van der Waals surface area contributed by atoms with Crippen LogP contribution in [0.4, 0.5) is 24.5 Å². The molecule has 2 aromatic carbocycles. The monoisotopic (exact) mass is 366 g/mol. The minimum absolute atomic E-state index is 0.106. The number of amides is 1. The van der Waals surface area contributed by atoms with Crippen LogP contribution in [0.3, 0.4) is 0 Å². The Morgan fingerprint density at radius 3 is 2.50 bits per heavy atom. The molecule has 0 aliphatic heterocycles. The zero-order valence-corrected chi connectivity index (χ0v) is 14.8. The molecule has 0 bridgehead atoms. The molecule has 1 amide bonds. The minimum atomic E-state index is -4.47. The first kappa shape index (κ1) is 19.6. The summed E-state index contributed by atoms with van der Waals surface area (Å²) in [5, 5.41) is 5.70. The third-order valence-corrected chi connectivity index (χ3v) is 3.89. The number of carbonyl (C=O) groups excluding carboxylic acids is 1. The van der Waals surface area contributed by atoms with Gasteiger partial charge < -0.3 is 15.4 Å². The number of anilines is 2. The van der Waals surface area contributed by atoms with Crippen molar-refractivity contribution in [2.75, 3.05) is 19.0 Å². The third kappa shape index (κ3) is 4.91. The molecule has 7 heteroatoms. The second kappa shape index (κ2) is 8.12. The standard InChI is InChI=1S/C19H21F3N2O2/c1-4-23-18(25)12(2)13-6-5-7-15(8-13)24-16-9-14(19(20,21)22)10-17(11-16)26-3/h5-12,24H,4H2,1-3H3,(H,23,25). The molecule has 0 saturated carbocycles. The van der Waals surface area contributed by atoms with E-state index < -0.39 is 11.7 Å². The van der Waals surface area contributed by atoms with Gasteiger partial charge in [-0.1, -0.05) is 12.1 Å². The van der Waals surface area contributed by atoms with Gasteiger partial charge >= 0.3 is 6.18 Å². The molecule has 0 saturated heterocycles. The Morgan fingerprint density at radius 2 is 1.88 bits per heavy atom. The molecule has 0 aliphatic rings. The zero-order chi connectivity index (χ0) is 19.3. The van der Waals surface area contributed by atoms with Gasteiger partial charge in [-0.25, -0.2) is 0 Å². The molecule has 4 nitrogen and oxygen atoms in total. The predicted octanol–water partition coefficient (Wildman–Crippen LogP) is 4.70. The second-order valence-electron chi connectivity index (χ2n) is 5.81. The molecule has 2 aromatic rings. The predicted molar refractivity (Wildman–Crippen MR) is 94.8 cm³/mol. The smallest absolute Gasteiger partial charge is 0.416 e. The number of likely N-dealkylation sites (N-methyl/N-ethyl adjacent to an activating group) is 1. The van der Waals surface area contributed by atoms with Gasteiger partial charge in [0.25, 0.3) is 0 Å². The number of halogens is 3. The molecule has 0 aromatic heterocycles. The number of methoxy groups -OCH3 is 1. The summed E-state index contributed by atoms with van der Waals surface area (Å²) >= 11 is 0. The Bertz CT molecular complexity index is 776. The fraction of sp³-hybridized carbons (Fsp3) is 0.316. The molecule has 1 atom stereocenters. The molecule has 2 rings (SSSR count). The molecule has 0 radical (unpaired) electrons. The molecular formula is C19H21F3N2O2. The van der Waals surface area contributed by atoms with Gasteiger partial charge in [0.2, 0.25) is 5.91 Å². The Morgan fingerprint density at radius 1 is 1.15 bits per heavy atom. The average Bonchev–Trinajstić information content (AvgIpc) is 2.60. The van der Waals surface area contributed by atoms with E-state index >= 15 is 0 Å². The van der Waals surface area contributed by atoms with Gasteiger partial charge in [0, 0.05) is 24.0 Å². The highest BCUT2D eigenvalue weighted by atomic mass is 19.4. The number of hydrogen-bond acceptors (Lipinski definition) is 3. The number of carbonyl (C=O) groups is 1. The van der Waals surface area contributed by atoms with Crippen molar-refractivity contribution in [3.05, 3.63) is 53.6 Å². The normalized spacial score (nSPS) is 12.4. The van der Waals surface area contributed by atoms with E-state index in [1.165, 1.54) is 13.2 Å². The summed E-state index contributed by atoms with van der Waals surface area (Å²) in [5.41, 5.74) is 0.797. The fourth-order valence-corrected chi connectivity index (χ4v) is 2.48. The summed E-state index contributed by atoms with van der Waals surface area (Å²) < 4.78 is 44.0. The summed E-state index contributed by atoms with van der Waals surface area (Å²) in [6.45, 7) is 4.15. The maximum Gasteiger partial charge on any atom is 0.416 e. The van der Waals surface area contributed by atoms with Crippen molar-refractivity contribution in [2.24, 2.45) is 0 Å². The van der Waals surface area contributed by atoms with Crippen LogP contribution in [0.5, 0.6) is 5.75 Å². The molecular weight excluding hydrogens is 345 g/mol. The van der Waals surface area contributed by atoms with E-state index in [9.17, 15) is 18.0 Å². The minimum Gasteiger partial charge on any atom is -0.497 e. The summed E-state index contributed by atoms with van der Waals surface area (Å²) in [4.78, 5) is 12.0. The van der Waals surface area contributed by atoms with Gasteiger partial charge in [0.15, 0.2) is 0 Å². The number of ether oxygens (including phenoxy) is 1. The van der Waals surface area contributed by atoms with Crippen molar-refractivity contribution in [3.63, 3.8) is 0 Å². The van der Waals surface area contributed by atoms with Gasteiger partial charge in [-0.15, -0.1) is 0 Å². The fourth-order valence-electron chi connectivity index (χ4n) is 2.48. The topological polar surface area (TPSA) is 50.4 Å². The van der Waals surface area contributed by atoms with Crippen LogP contribution in [-0.4, -0.2) is 19.6 Å². The van der Waals surface area contributed by atoms with E-state index in [0.717, 1.165) is 17.7 Å². The highest BCUT2D eigenvalue weighted by Gasteiger charge is 2.31. The molecule has 0 spiro atoms. The summed E-state index contributed by atoms with van der Waals surface area (Å²) in [7, 11) is 1.31. The number of benzene rings is 2. The van der Waals surface area contributed by atoms with Crippen molar-refractivity contribution in [3.8, 4) is 5.75 Å². The van der Waals surface area contributed by atoms with E-state index in [1.54, 1.807) is 31.2 Å². The van der Waals surface area contributed by atoms with E-state index in [1.807, 2.05) is 6.92 Å². The average molecular weight is 366 g/mol. The van der Waals surface area contributed by atoms with Crippen molar-refractivity contribution in [1.82, 2.24) is 5.32 Å². The molecule has 2 N–H and O–H groups in total. The SMILES string of the molecule is CCNC(=O)C(C)c1cccc(Nc2cc(OC)cc(C(F)(F)F)c2)c1. The van der Waals surface area contributed by atoms with Crippen LogP contribution in [0.15, 0.2) is 42.5 Å². The first-order valence-corrected chi connectivity index (χ1v) is 8.15. The highest BCUT2D eigenvalue weighted by molar-refractivity contribution is 5.83. The number of nitrogens with one attached hydrogen (secondary N) is 2. The first-order valence-electron chi connectivity index (χ1n) is 8.15. The Balaban J connectivity index is 2.29. The van der Waals surface area contributed by atoms with Crippen LogP contribution in [-0.2, 0) is 11.0 Å². The van der Waals surface area contributed by atoms with Crippen LogP contribution in [0.2, 0.25) is 0 Å². The van der Waals surface area contributed by atoms with E-state index in [-0.39, 0.29) is 23.3 Å². The maximum absolute atomic E-state index is 13.0. The summed E-state index contributed by atoms with van der Waals surface area (Å²) in [6.07, 6.45) is -4.47. The Labute approximate surface area is 150 Å². The lowest BCUT2D eigenvalue weighted by Gasteiger charge is -2.15. The molecule has 140 valence electrons. The van der Waals surface area contributed by atoms with Crippen molar-refractivity contribution in [1.29, 1.82) is 0 Å². The number of alkyl halides is 3. The van der Waals surface area contributed by atoms with Crippen LogP contribution >= 0.6 is 0 Å². The molecule has 0 fully saturated rings. The molecule has 1 unspecified atom stereocenters. The summed E-state index contributed by atoms with van der Waals surface area (Å²) in [6, 6.07) is 10.5.